The van der Waals surface area contributed by atoms with Crippen LogP contribution < -0.4 is 10.6 Å². The minimum atomic E-state index is -1.56. The number of aliphatic hydroxyl groups excluding tert-OH is 3. The second kappa shape index (κ2) is 12.2. The Bertz CT molecular complexity index is 822. The summed E-state index contributed by atoms with van der Waals surface area (Å²) in [5, 5.41) is 45.4. The minimum absolute atomic E-state index is 0.0146. The number of ketones is 1. The zero-order valence-electron chi connectivity index (χ0n) is 17.5. The predicted octanol–water partition coefficient (Wildman–Crippen LogP) is 0.585. The number of anilines is 1. The van der Waals surface area contributed by atoms with Crippen molar-refractivity contribution in [3.05, 3.63) is 41.5 Å². The van der Waals surface area contributed by atoms with Gasteiger partial charge in [0.15, 0.2) is 5.78 Å². The summed E-state index contributed by atoms with van der Waals surface area (Å²) in [6.07, 6.45) is 2.42. The average molecular weight is 434 g/mol. The Balaban J connectivity index is 2.30. The molecule has 0 saturated carbocycles. The van der Waals surface area contributed by atoms with Crippen LogP contribution in [0.1, 0.15) is 35.7 Å². The van der Waals surface area contributed by atoms with Gasteiger partial charge in [-0.25, -0.2) is 4.79 Å². The summed E-state index contributed by atoms with van der Waals surface area (Å²) >= 11 is 0. The number of benzene rings is 1. The zero-order chi connectivity index (χ0) is 22.8. The summed E-state index contributed by atoms with van der Waals surface area (Å²) in [6.45, 7) is 3.25. The number of esters is 1. The predicted molar refractivity (Wildman–Crippen MR) is 116 cm³/mol. The maximum Gasteiger partial charge on any atom is 0.342 e. The van der Waals surface area contributed by atoms with Crippen molar-refractivity contribution in [3.8, 4) is 5.75 Å². The van der Waals surface area contributed by atoms with E-state index in [-0.39, 0.29) is 30.8 Å². The topological polar surface area (TPSA) is 148 Å². The van der Waals surface area contributed by atoms with E-state index in [2.05, 4.69) is 10.6 Å². The lowest BCUT2D eigenvalue weighted by molar-refractivity contribution is -0.127. The number of ether oxygens (including phenoxy) is 1. The molecule has 6 N–H and O–H groups in total. The van der Waals surface area contributed by atoms with Crippen molar-refractivity contribution in [3.63, 3.8) is 0 Å². The molecule has 170 valence electrons. The summed E-state index contributed by atoms with van der Waals surface area (Å²) < 4.78 is 5.39. The van der Waals surface area contributed by atoms with Crippen LogP contribution in [-0.4, -0.2) is 76.7 Å². The Morgan fingerprint density at radius 2 is 1.81 bits per heavy atom. The number of hydrogen-bond acceptors (Lipinski definition) is 9. The van der Waals surface area contributed by atoms with Crippen LogP contribution in [0.25, 0.3) is 6.08 Å². The van der Waals surface area contributed by atoms with Crippen molar-refractivity contribution in [2.75, 3.05) is 31.6 Å². The number of cyclic esters (lactones) is 1. The first-order valence-electron chi connectivity index (χ1n) is 10.2. The maximum atomic E-state index is 12.7. The van der Waals surface area contributed by atoms with Gasteiger partial charge in [-0.3, -0.25) is 4.79 Å². The van der Waals surface area contributed by atoms with E-state index in [1.807, 2.05) is 0 Å². The van der Waals surface area contributed by atoms with Crippen LogP contribution in [0.15, 0.2) is 30.4 Å². The number of fused-ring (bicyclic) bond motifs is 1. The largest absolute Gasteiger partial charge is 0.507 e. The number of aliphatic hydroxyl groups is 3. The lowest BCUT2D eigenvalue weighted by Gasteiger charge is -2.17. The molecule has 0 aromatic heterocycles. The van der Waals surface area contributed by atoms with E-state index in [0.29, 0.717) is 30.9 Å². The second-order valence-corrected chi connectivity index (χ2v) is 7.27. The quantitative estimate of drug-likeness (QED) is 0.279. The van der Waals surface area contributed by atoms with Crippen LogP contribution in [0, 0.1) is 0 Å². The smallest absolute Gasteiger partial charge is 0.342 e. The third kappa shape index (κ3) is 7.48. The highest BCUT2D eigenvalue weighted by molar-refractivity contribution is 5.97. The van der Waals surface area contributed by atoms with E-state index < -0.39 is 30.1 Å². The number of phenols is 1. The molecule has 1 aromatic carbocycles. The number of nitrogens with one attached hydrogen (secondary N) is 2. The molecule has 2 rings (SSSR count). The molecule has 9 heteroatoms. The SMILES string of the molecule is C[C@H]1C/C=C\C(=O)[C@@H](O)[C@@H](O)C/C=C/c2cc(NCCNCCO)cc(O)c2C(=O)O1. The van der Waals surface area contributed by atoms with E-state index in [0.717, 1.165) is 6.08 Å². The summed E-state index contributed by atoms with van der Waals surface area (Å²) in [7, 11) is 0. The first-order chi connectivity index (χ1) is 14.8. The van der Waals surface area contributed by atoms with Crippen LogP contribution in [0.4, 0.5) is 5.69 Å². The highest BCUT2D eigenvalue weighted by Gasteiger charge is 2.23. The molecule has 1 aromatic rings. The molecule has 0 aliphatic carbocycles. The fourth-order valence-corrected chi connectivity index (χ4v) is 3.02. The van der Waals surface area contributed by atoms with Gasteiger partial charge < -0.3 is 35.8 Å². The molecule has 3 atom stereocenters. The number of carbonyl (C=O) groups excluding carboxylic acids is 2. The van der Waals surface area contributed by atoms with Crippen molar-refractivity contribution < 1.29 is 34.8 Å². The average Bonchev–Trinajstić information content (AvgIpc) is 2.71. The van der Waals surface area contributed by atoms with Gasteiger partial charge >= 0.3 is 5.97 Å². The molecule has 9 nitrogen and oxygen atoms in total. The number of aromatic hydroxyl groups is 1. The fourth-order valence-electron chi connectivity index (χ4n) is 3.02. The van der Waals surface area contributed by atoms with Crippen LogP contribution in [-0.2, 0) is 9.53 Å². The molecule has 31 heavy (non-hydrogen) atoms. The van der Waals surface area contributed by atoms with Crippen molar-refractivity contribution in [2.24, 2.45) is 0 Å². The Hall–Kier alpha value is -2.72. The first-order valence-corrected chi connectivity index (χ1v) is 10.2. The van der Waals surface area contributed by atoms with E-state index in [1.165, 1.54) is 24.3 Å². The minimum Gasteiger partial charge on any atom is -0.507 e. The molecule has 1 aliphatic rings. The van der Waals surface area contributed by atoms with Gasteiger partial charge in [-0.2, -0.15) is 0 Å². The van der Waals surface area contributed by atoms with Crippen LogP contribution in [0.5, 0.6) is 5.75 Å². The van der Waals surface area contributed by atoms with Gasteiger partial charge in [0.1, 0.15) is 23.5 Å². The molecule has 0 radical (unpaired) electrons. The first kappa shape index (κ1) is 24.5. The lowest BCUT2D eigenvalue weighted by atomic mass is 10.0. The highest BCUT2D eigenvalue weighted by atomic mass is 16.5. The molecule has 0 amide bonds. The van der Waals surface area contributed by atoms with Crippen molar-refractivity contribution in [2.45, 2.75) is 38.1 Å². The third-order valence-corrected chi connectivity index (χ3v) is 4.66. The Morgan fingerprint density at radius 3 is 2.55 bits per heavy atom. The summed E-state index contributed by atoms with van der Waals surface area (Å²) in [5.74, 6) is -1.60. The number of phenolic OH excluding ortho intramolecular Hbond substituents is 1. The Labute approximate surface area is 181 Å². The molecular formula is C22H30N2O7. The van der Waals surface area contributed by atoms with Gasteiger partial charge in [-0.15, -0.1) is 0 Å². The van der Waals surface area contributed by atoms with Crippen LogP contribution in [0.2, 0.25) is 0 Å². The summed E-state index contributed by atoms with van der Waals surface area (Å²) in [6, 6.07) is 3.08. The molecule has 0 saturated heterocycles. The summed E-state index contributed by atoms with van der Waals surface area (Å²) in [4.78, 5) is 24.6. The third-order valence-electron chi connectivity index (χ3n) is 4.66. The number of rotatable bonds is 6. The van der Waals surface area contributed by atoms with E-state index >= 15 is 0 Å². The van der Waals surface area contributed by atoms with Crippen molar-refractivity contribution in [1.29, 1.82) is 0 Å². The van der Waals surface area contributed by atoms with Gasteiger partial charge in [-0.05, 0) is 31.1 Å². The van der Waals surface area contributed by atoms with Gasteiger partial charge in [0.25, 0.3) is 0 Å². The van der Waals surface area contributed by atoms with Crippen molar-refractivity contribution in [1.82, 2.24) is 5.32 Å². The monoisotopic (exact) mass is 434 g/mol. The molecular weight excluding hydrogens is 404 g/mol. The Morgan fingerprint density at radius 1 is 1.06 bits per heavy atom. The van der Waals surface area contributed by atoms with E-state index in [1.54, 1.807) is 13.0 Å². The molecule has 0 unspecified atom stereocenters. The Kier molecular flexibility index (Phi) is 9.67. The molecule has 0 bridgehead atoms. The van der Waals surface area contributed by atoms with Crippen LogP contribution >= 0.6 is 0 Å². The maximum absolute atomic E-state index is 12.7. The standard InChI is InChI=1S/C22H30N2O7/c1-14-4-2-6-17(26)21(29)18(27)7-3-5-15-12-16(24-9-8-23-10-11-25)13-19(28)20(15)22(30)31-14/h2-3,5-6,12-14,18,21,23-25,27-29H,4,7-11H2,1H3/b5-3+,6-2-/t14-,18-,21+/m0/s1. The highest BCUT2D eigenvalue weighted by Crippen LogP contribution is 2.29. The molecule has 0 spiro atoms. The zero-order valence-corrected chi connectivity index (χ0v) is 17.5. The van der Waals surface area contributed by atoms with Crippen LogP contribution in [0.3, 0.4) is 0 Å². The second-order valence-electron chi connectivity index (χ2n) is 7.27. The summed E-state index contributed by atoms with van der Waals surface area (Å²) in [5.41, 5.74) is 0.912. The molecule has 1 heterocycles. The van der Waals surface area contributed by atoms with Gasteiger partial charge in [0.05, 0.1) is 12.7 Å². The lowest BCUT2D eigenvalue weighted by Crippen LogP contribution is -2.32. The number of hydrogen-bond donors (Lipinski definition) is 6. The molecule has 1 aliphatic heterocycles. The fraction of sp³-hybridized carbons (Fsp3) is 0.455. The van der Waals surface area contributed by atoms with Gasteiger partial charge in [0, 0.05) is 37.8 Å². The molecule has 0 fully saturated rings. The van der Waals surface area contributed by atoms with E-state index in [9.17, 15) is 24.9 Å². The number of carbonyl (C=O) groups is 2. The van der Waals surface area contributed by atoms with Crippen molar-refractivity contribution >= 4 is 23.5 Å². The van der Waals surface area contributed by atoms with Gasteiger partial charge in [0.2, 0.25) is 0 Å². The normalized spacial score (nSPS) is 24.6. The van der Waals surface area contributed by atoms with E-state index in [4.69, 9.17) is 9.84 Å². The van der Waals surface area contributed by atoms with Gasteiger partial charge in [-0.1, -0.05) is 18.2 Å².